The molecular formula is C9H10N2O3. The van der Waals surface area contributed by atoms with Gasteiger partial charge in [0.15, 0.2) is 5.78 Å². The molecule has 1 aromatic heterocycles. The fourth-order valence-electron chi connectivity index (χ4n) is 0.954. The van der Waals surface area contributed by atoms with Gasteiger partial charge in [-0.25, -0.2) is 9.78 Å². The molecule has 0 saturated heterocycles. The number of carbonyl (C=O) groups excluding carboxylic acids is 2. The summed E-state index contributed by atoms with van der Waals surface area (Å²) < 4.78 is 4.47. The number of hydrogen-bond acceptors (Lipinski definition) is 5. The number of hydrogen-bond donors (Lipinski definition) is 1. The van der Waals surface area contributed by atoms with Crippen LogP contribution in [0.25, 0.3) is 0 Å². The molecule has 1 rings (SSSR count). The lowest BCUT2D eigenvalue weighted by atomic mass is 10.2. The van der Waals surface area contributed by atoms with Crippen LogP contribution < -0.4 is 5.73 Å². The van der Waals surface area contributed by atoms with E-state index in [-0.39, 0.29) is 22.9 Å². The number of nitrogens with zero attached hydrogens (tertiary/aromatic N) is 1. The molecule has 74 valence electrons. The molecule has 5 heteroatoms. The van der Waals surface area contributed by atoms with E-state index in [4.69, 9.17) is 5.73 Å². The highest BCUT2D eigenvalue weighted by molar-refractivity contribution is 5.97. The van der Waals surface area contributed by atoms with Crippen molar-refractivity contribution in [2.24, 2.45) is 0 Å². The number of nitrogen functional groups attached to an aromatic ring is 1. The second-order valence-corrected chi connectivity index (χ2v) is 2.68. The number of rotatable bonds is 2. The quantitative estimate of drug-likeness (QED) is 0.552. The molecule has 5 nitrogen and oxygen atoms in total. The van der Waals surface area contributed by atoms with Crippen LogP contribution >= 0.6 is 0 Å². The Kier molecular flexibility index (Phi) is 2.81. The minimum absolute atomic E-state index is 0.00421. The minimum atomic E-state index is -0.565. The van der Waals surface area contributed by atoms with Gasteiger partial charge in [0.2, 0.25) is 0 Å². The molecule has 14 heavy (non-hydrogen) atoms. The molecule has 0 radical (unpaired) electrons. The Morgan fingerprint density at radius 1 is 1.43 bits per heavy atom. The van der Waals surface area contributed by atoms with Crippen LogP contribution in [0.2, 0.25) is 0 Å². The van der Waals surface area contributed by atoms with Gasteiger partial charge in [-0.05, 0) is 12.1 Å². The topological polar surface area (TPSA) is 82.3 Å². The van der Waals surface area contributed by atoms with Crippen molar-refractivity contribution in [3.05, 3.63) is 23.4 Å². The van der Waals surface area contributed by atoms with Crippen LogP contribution in [0.1, 0.15) is 27.8 Å². The lowest BCUT2D eigenvalue weighted by Gasteiger charge is -2.03. The number of ketones is 1. The molecular weight excluding hydrogens is 184 g/mol. The highest BCUT2D eigenvalue weighted by Gasteiger charge is 2.12. The average Bonchev–Trinajstić information content (AvgIpc) is 2.16. The van der Waals surface area contributed by atoms with Gasteiger partial charge in [0.05, 0.1) is 7.11 Å². The summed E-state index contributed by atoms with van der Waals surface area (Å²) in [7, 11) is 1.25. The molecule has 0 aliphatic carbocycles. The standard InChI is InChI=1S/C9H10N2O3/c1-5(12)7-4-3-6(8(10)11-7)9(13)14-2/h3-4H,1-2H3,(H2,10,11). The summed E-state index contributed by atoms with van der Waals surface area (Å²) in [5, 5.41) is 0. The molecule has 0 unspecified atom stereocenters. The van der Waals surface area contributed by atoms with Crippen LogP contribution in [-0.2, 0) is 4.74 Å². The van der Waals surface area contributed by atoms with Crippen molar-refractivity contribution < 1.29 is 14.3 Å². The third-order valence-electron chi connectivity index (χ3n) is 1.69. The number of ether oxygens (including phenoxy) is 1. The molecule has 1 heterocycles. The monoisotopic (exact) mass is 194 g/mol. The number of methoxy groups -OCH3 is 1. The van der Waals surface area contributed by atoms with Gasteiger partial charge in [-0.1, -0.05) is 0 Å². The van der Waals surface area contributed by atoms with Crippen molar-refractivity contribution in [1.29, 1.82) is 0 Å². The van der Waals surface area contributed by atoms with E-state index < -0.39 is 5.97 Å². The lowest BCUT2D eigenvalue weighted by Crippen LogP contribution is -2.09. The molecule has 0 saturated carbocycles. The largest absolute Gasteiger partial charge is 0.465 e. The molecule has 2 N–H and O–H groups in total. The Bertz CT molecular complexity index is 388. The third kappa shape index (κ3) is 1.87. The molecule has 0 bridgehead atoms. The summed E-state index contributed by atoms with van der Waals surface area (Å²) in [6.45, 7) is 1.37. The first kappa shape index (κ1) is 10.2. The molecule has 0 fully saturated rings. The zero-order valence-corrected chi connectivity index (χ0v) is 7.90. The minimum Gasteiger partial charge on any atom is -0.465 e. The Balaban J connectivity index is 3.14. The third-order valence-corrected chi connectivity index (χ3v) is 1.69. The smallest absolute Gasteiger partial charge is 0.341 e. The number of esters is 1. The Morgan fingerprint density at radius 3 is 2.50 bits per heavy atom. The van der Waals surface area contributed by atoms with Gasteiger partial charge in [-0.2, -0.15) is 0 Å². The molecule has 0 aliphatic heterocycles. The van der Waals surface area contributed by atoms with E-state index in [1.165, 1.54) is 26.2 Å². The van der Waals surface area contributed by atoms with Crippen LogP contribution in [0, 0.1) is 0 Å². The number of Topliss-reactive ketones (excluding diaryl/α,β-unsaturated/α-hetero) is 1. The zero-order valence-electron chi connectivity index (χ0n) is 7.90. The number of nitrogens with two attached hydrogens (primary N) is 1. The van der Waals surface area contributed by atoms with E-state index >= 15 is 0 Å². The van der Waals surface area contributed by atoms with Gasteiger partial charge in [0.1, 0.15) is 17.1 Å². The number of anilines is 1. The highest BCUT2D eigenvalue weighted by Crippen LogP contribution is 2.11. The summed E-state index contributed by atoms with van der Waals surface area (Å²) in [5.41, 5.74) is 5.87. The SMILES string of the molecule is COC(=O)c1ccc(C(C)=O)nc1N. The second kappa shape index (κ2) is 3.87. The molecule has 1 aromatic rings. The Hall–Kier alpha value is -1.91. The fraction of sp³-hybridized carbons (Fsp3) is 0.222. The normalized spacial score (nSPS) is 9.57. The summed E-state index contributed by atoms with van der Waals surface area (Å²) in [6.07, 6.45) is 0. The summed E-state index contributed by atoms with van der Waals surface area (Å²) in [6, 6.07) is 2.86. The summed E-state index contributed by atoms with van der Waals surface area (Å²) >= 11 is 0. The van der Waals surface area contributed by atoms with Gasteiger partial charge < -0.3 is 10.5 Å². The first-order valence-corrected chi connectivity index (χ1v) is 3.92. The van der Waals surface area contributed by atoms with Gasteiger partial charge in [-0.3, -0.25) is 4.79 Å². The molecule has 0 atom stereocenters. The van der Waals surface area contributed by atoms with E-state index in [9.17, 15) is 9.59 Å². The van der Waals surface area contributed by atoms with E-state index in [1.54, 1.807) is 0 Å². The maximum absolute atomic E-state index is 11.1. The van der Waals surface area contributed by atoms with Crippen molar-refractivity contribution in [3.8, 4) is 0 Å². The maximum Gasteiger partial charge on any atom is 0.341 e. The maximum atomic E-state index is 11.1. The van der Waals surface area contributed by atoms with Crippen molar-refractivity contribution in [2.45, 2.75) is 6.92 Å². The van der Waals surface area contributed by atoms with Gasteiger partial charge >= 0.3 is 5.97 Å². The first-order valence-electron chi connectivity index (χ1n) is 3.92. The predicted octanol–water partition coefficient (Wildman–Crippen LogP) is 0.653. The van der Waals surface area contributed by atoms with E-state index in [0.29, 0.717) is 0 Å². The van der Waals surface area contributed by atoms with E-state index in [1.807, 2.05) is 0 Å². The molecule has 0 aromatic carbocycles. The predicted molar refractivity (Wildman–Crippen MR) is 50.0 cm³/mol. The van der Waals surface area contributed by atoms with Crippen LogP contribution in [0.15, 0.2) is 12.1 Å². The second-order valence-electron chi connectivity index (χ2n) is 2.68. The molecule has 0 aliphatic rings. The lowest BCUT2D eigenvalue weighted by molar-refractivity contribution is 0.0601. The van der Waals surface area contributed by atoms with Crippen molar-refractivity contribution in [1.82, 2.24) is 4.98 Å². The van der Waals surface area contributed by atoms with Crippen LogP contribution in [-0.4, -0.2) is 23.8 Å². The van der Waals surface area contributed by atoms with Crippen LogP contribution in [0.4, 0.5) is 5.82 Å². The summed E-state index contributed by atoms with van der Waals surface area (Å²) in [4.78, 5) is 25.8. The number of pyridine rings is 1. The van der Waals surface area contributed by atoms with Crippen molar-refractivity contribution in [3.63, 3.8) is 0 Å². The number of aromatic nitrogens is 1. The van der Waals surface area contributed by atoms with Crippen LogP contribution in [0.5, 0.6) is 0 Å². The zero-order chi connectivity index (χ0) is 10.7. The first-order chi connectivity index (χ1) is 6.56. The molecule has 0 amide bonds. The highest BCUT2D eigenvalue weighted by atomic mass is 16.5. The van der Waals surface area contributed by atoms with Gasteiger partial charge in [0, 0.05) is 6.92 Å². The van der Waals surface area contributed by atoms with Crippen LogP contribution in [0.3, 0.4) is 0 Å². The molecule has 0 spiro atoms. The van der Waals surface area contributed by atoms with E-state index in [2.05, 4.69) is 9.72 Å². The van der Waals surface area contributed by atoms with E-state index in [0.717, 1.165) is 0 Å². The Morgan fingerprint density at radius 2 is 2.07 bits per heavy atom. The Labute approximate surface area is 80.9 Å². The van der Waals surface area contributed by atoms with Crippen molar-refractivity contribution >= 4 is 17.6 Å². The van der Waals surface area contributed by atoms with Crippen molar-refractivity contribution in [2.75, 3.05) is 12.8 Å². The summed E-state index contributed by atoms with van der Waals surface area (Å²) in [5.74, 6) is -0.761. The fourth-order valence-corrected chi connectivity index (χ4v) is 0.954. The average molecular weight is 194 g/mol. The van der Waals surface area contributed by atoms with Gasteiger partial charge in [0.25, 0.3) is 0 Å². The number of carbonyl (C=O) groups is 2. The van der Waals surface area contributed by atoms with Gasteiger partial charge in [-0.15, -0.1) is 0 Å².